The fraction of sp³-hybridized carbons (Fsp3) is 0.167. The summed E-state index contributed by atoms with van der Waals surface area (Å²) < 4.78 is 2.23. The molecule has 0 unspecified atom stereocenters. The lowest BCUT2D eigenvalue weighted by Crippen LogP contribution is -2.15. The summed E-state index contributed by atoms with van der Waals surface area (Å²) in [6.45, 7) is 0. The highest BCUT2D eigenvalue weighted by molar-refractivity contribution is 9.10. The van der Waals surface area contributed by atoms with Crippen LogP contribution in [0, 0.1) is 0 Å². The van der Waals surface area contributed by atoms with E-state index < -0.39 is 0 Å². The SMILES string of the molecule is Cn1cc(Br)cc(Cl)c1=O. The fourth-order valence-electron chi connectivity index (χ4n) is 0.632. The second-order valence-corrected chi connectivity index (χ2v) is 3.25. The molecular formula is C6H5BrClNO. The van der Waals surface area contributed by atoms with Gasteiger partial charge in [0, 0.05) is 17.7 Å². The molecule has 1 aromatic heterocycles. The van der Waals surface area contributed by atoms with Crippen LogP contribution >= 0.6 is 27.5 Å². The van der Waals surface area contributed by atoms with Crippen molar-refractivity contribution in [1.82, 2.24) is 4.57 Å². The highest BCUT2D eigenvalue weighted by Gasteiger charge is 1.97. The van der Waals surface area contributed by atoms with E-state index in [0.29, 0.717) is 0 Å². The molecule has 0 amide bonds. The summed E-state index contributed by atoms with van der Waals surface area (Å²) >= 11 is 8.76. The van der Waals surface area contributed by atoms with Crippen molar-refractivity contribution in [3.05, 3.63) is 32.1 Å². The minimum Gasteiger partial charge on any atom is -0.316 e. The van der Waals surface area contributed by atoms with Gasteiger partial charge in [0.05, 0.1) is 0 Å². The number of halogens is 2. The van der Waals surface area contributed by atoms with Crippen LogP contribution in [0.4, 0.5) is 0 Å². The zero-order valence-corrected chi connectivity index (χ0v) is 7.61. The molecule has 0 saturated carbocycles. The Hall–Kier alpha value is -0.280. The summed E-state index contributed by atoms with van der Waals surface area (Å²) in [5, 5.41) is 0.233. The van der Waals surface area contributed by atoms with Crippen molar-refractivity contribution in [3.63, 3.8) is 0 Å². The summed E-state index contributed by atoms with van der Waals surface area (Å²) in [4.78, 5) is 10.9. The van der Waals surface area contributed by atoms with Crippen LogP contribution in [-0.2, 0) is 7.05 Å². The van der Waals surface area contributed by atoms with Gasteiger partial charge in [-0.05, 0) is 22.0 Å². The number of hydrogen-bond acceptors (Lipinski definition) is 1. The van der Waals surface area contributed by atoms with Crippen molar-refractivity contribution >= 4 is 27.5 Å². The van der Waals surface area contributed by atoms with Crippen LogP contribution in [0.2, 0.25) is 5.02 Å². The predicted octanol–water partition coefficient (Wildman–Crippen LogP) is 1.80. The Balaban J connectivity index is 3.46. The topological polar surface area (TPSA) is 22.0 Å². The average Bonchev–Trinajstić information content (AvgIpc) is 1.82. The average molecular weight is 222 g/mol. The van der Waals surface area contributed by atoms with E-state index in [4.69, 9.17) is 11.6 Å². The summed E-state index contributed by atoms with van der Waals surface area (Å²) in [6, 6.07) is 1.57. The zero-order valence-electron chi connectivity index (χ0n) is 5.27. The third-order valence-electron chi connectivity index (χ3n) is 1.11. The zero-order chi connectivity index (χ0) is 7.72. The second-order valence-electron chi connectivity index (χ2n) is 1.92. The summed E-state index contributed by atoms with van der Waals surface area (Å²) in [5.74, 6) is 0. The van der Waals surface area contributed by atoms with Gasteiger partial charge in [0.15, 0.2) is 0 Å². The maximum atomic E-state index is 10.9. The number of pyridine rings is 1. The normalized spacial score (nSPS) is 9.90. The monoisotopic (exact) mass is 221 g/mol. The number of aryl methyl sites for hydroxylation is 1. The smallest absolute Gasteiger partial charge is 0.269 e. The van der Waals surface area contributed by atoms with Crippen molar-refractivity contribution < 1.29 is 0 Å². The standard InChI is InChI=1S/C6H5BrClNO/c1-9-3-4(7)2-5(8)6(9)10/h2-3H,1H3. The van der Waals surface area contributed by atoms with E-state index >= 15 is 0 Å². The number of nitrogens with zero attached hydrogens (tertiary/aromatic N) is 1. The number of rotatable bonds is 0. The lowest BCUT2D eigenvalue weighted by Gasteiger charge is -1.97. The van der Waals surface area contributed by atoms with Crippen LogP contribution in [0.1, 0.15) is 0 Å². The highest BCUT2D eigenvalue weighted by Crippen LogP contribution is 2.10. The molecule has 0 aliphatic heterocycles. The maximum absolute atomic E-state index is 10.9. The van der Waals surface area contributed by atoms with Crippen molar-refractivity contribution in [3.8, 4) is 0 Å². The predicted molar refractivity (Wildman–Crippen MR) is 44.4 cm³/mol. The molecule has 4 heteroatoms. The van der Waals surface area contributed by atoms with Gasteiger partial charge in [-0.3, -0.25) is 4.79 Å². The molecule has 0 spiro atoms. The highest BCUT2D eigenvalue weighted by atomic mass is 79.9. The van der Waals surface area contributed by atoms with Gasteiger partial charge in [0.2, 0.25) is 0 Å². The van der Waals surface area contributed by atoms with E-state index in [2.05, 4.69) is 15.9 Å². The van der Waals surface area contributed by atoms with E-state index in [-0.39, 0.29) is 10.6 Å². The van der Waals surface area contributed by atoms with E-state index in [0.717, 1.165) is 4.47 Å². The van der Waals surface area contributed by atoms with E-state index in [1.165, 1.54) is 4.57 Å². The summed E-state index contributed by atoms with van der Waals surface area (Å²) in [5.41, 5.74) is -0.176. The Morgan fingerprint density at radius 1 is 1.70 bits per heavy atom. The first kappa shape index (κ1) is 7.82. The van der Waals surface area contributed by atoms with Gasteiger partial charge >= 0.3 is 0 Å². The van der Waals surface area contributed by atoms with Gasteiger partial charge in [0.1, 0.15) is 5.02 Å². The quantitative estimate of drug-likeness (QED) is 0.656. The van der Waals surface area contributed by atoms with Crippen molar-refractivity contribution in [1.29, 1.82) is 0 Å². The van der Waals surface area contributed by atoms with Gasteiger partial charge in [-0.2, -0.15) is 0 Å². The van der Waals surface area contributed by atoms with Gasteiger partial charge < -0.3 is 4.57 Å². The molecule has 1 rings (SSSR count). The van der Waals surface area contributed by atoms with E-state index in [9.17, 15) is 4.79 Å². The lowest BCUT2D eigenvalue weighted by atomic mass is 10.5. The number of hydrogen-bond donors (Lipinski definition) is 0. The van der Waals surface area contributed by atoms with Crippen LogP contribution in [0.25, 0.3) is 0 Å². The largest absolute Gasteiger partial charge is 0.316 e. The summed E-state index contributed by atoms with van der Waals surface area (Å²) in [7, 11) is 1.65. The molecule has 1 aromatic rings. The minimum atomic E-state index is -0.176. The molecule has 0 fully saturated rings. The Labute approximate surface area is 71.6 Å². The van der Waals surface area contributed by atoms with E-state index in [1.54, 1.807) is 19.3 Å². The Kier molecular flexibility index (Phi) is 2.16. The van der Waals surface area contributed by atoms with Gasteiger partial charge in [-0.15, -0.1) is 0 Å². The Morgan fingerprint density at radius 2 is 2.30 bits per heavy atom. The van der Waals surface area contributed by atoms with Crippen LogP contribution in [-0.4, -0.2) is 4.57 Å². The molecule has 10 heavy (non-hydrogen) atoms. The molecule has 0 aliphatic carbocycles. The molecule has 0 saturated heterocycles. The Morgan fingerprint density at radius 3 is 2.80 bits per heavy atom. The molecule has 0 bridgehead atoms. The van der Waals surface area contributed by atoms with Crippen LogP contribution in [0.15, 0.2) is 21.5 Å². The molecule has 0 N–H and O–H groups in total. The fourth-order valence-corrected chi connectivity index (χ4v) is 1.55. The van der Waals surface area contributed by atoms with Gasteiger partial charge in [0.25, 0.3) is 5.56 Å². The van der Waals surface area contributed by atoms with Gasteiger partial charge in [-0.1, -0.05) is 11.6 Å². The minimum absolute atomic E-state index is 0.176. The van der Waals surface area contributed by atoms with Crippen molar-refractivity contribution in [2.45, 2.75) is 0 Å². The molecular weight excluding hydrogens is 217 g/mol. The first-order valence-corrected chi connectivity index (χ1v) is 3.80. The third-order valence-corrected chi connectivity index (χ3v) is 1.81. The summed E-state index contributed by atoms with van der Waals surface area (Å²) in [6.07, 6.45) is 1.66. The van der Waals surface area contributed by atoms with Crippen LogP contribution in [0.5, 0.6) is 0 Å². The van der Waals surface area contributed by atoms with E-state index in [1.807, 2.05) is 0 Å². The van der Waals surface area contributed by atoms with Gasteiger partial charge in [-0.25, -0.2) is 0 Å². The lowest BCUT2D eigenvalue weighted by molar-refractivity contribution is 0.856. The Bertz CT molecular complexity index is 281. The molecule has 0 atom stereocenters. The van der Waals surface area contributed by atoms with Crippen molar-refractivity contribution in [2.75, 3.05) is 0 Å². The molecule has 1 heterocycles. The van der Waals surface area contributed by atoms with Crippen LogP contribution in [0.3, 0.4) is 0 Å². The molecule has 54 valence electrons. The third kappa shape index (κ3) is 1.41. The first-order valence-electron chi connectivity index (χ1n) is 2.63. The second kappa shape index (κ2) is 2.76. The maximum Gasteiger partial charge on any atom is 0.269 e. The molecule has 0 radical (unpaired) electrons. The first-order chi connectivity index (χ1) is 4.61. The molecule has 0 aromatic carbocycles. The molecule has 2 nitrogen and oxygen atoms in total. The number of aromatic nitrogens is 1. The van der Waals surface area contributed by atoms with Crippen molar-refractivity contribution in [2.24, 2.45) is 7.05 Å². The van der Waals surface area contributed by atoms with Crippen LogP contribution < -0.4 is 5.56 Å². The molecule has 0 aliphatic rings.